The Labute approximate surface area is 137 Å². The Morgan fingerprint density at radius 2 is 2.13 bits per heavy atom. The van der Waals surface area contributed by atoms with E-state index in [0.29, 0.717) is 12.6 Å². The Morgan fingerprint density at radius 3 is 2.91 bits per heavy atom. The van der Waals surface area contributed by atoms with Crippen molar-refractivity contribution in [2.75, 3.05) is 0 Å². The molecule has 0 bridgehead atoms. The highest BCUT2D eigenvalue weighted by Crippen LogP contribution is 2.22. The van der Waals surface area contributed by atoms with Crippen molar-refractivity contribution in [2.45, 2.75) is 58.7 Å². The van der Waals surface area contributed by atoms with Gasteiger partial charge in [0.2, 0.25) is 5.91 Å². The van der Waals surface area contributed by atoms with Crippen LogP contribution in [0.25, 0.3) is 10.9 Å². The van der Waals surface area contributed by atoms with Crippen LogP contribution in [0, 0.1) is 13.8 Å². The summed E-state index contributed by atoms with van der Waals surface area (Å²) in [5.74, 6) is 0.0678. The van der Waals surface area contributed by atoms with Gasteiger partial charge < -0.3 is 10.3 Å². The molecule has 23 heavy (non-hydrogen) atoms. The standard InChI is InChI=1S/C18H26N4O/c1-4-5-14-9-17(22-21-14)18(23)19-10-13-6-7-16-15(8-13)11(2)12(3)20-16/h6-8,14,17,20-22H,4-5,9-10H2,1-3H3,(H,19,23). The third kappa shape index (κ3) is 3.41. The maximum Gasteiger partial charge on any atom is 0.238 e. The number of rotatable bonds is 5. The molecular formula is C18H26N4O. The van der Waals surface area contributed by atoms with Crippen LogP contribution in [0.3, 0.4) is 0 Å². The summed E-state index contributed by atoms with van der Waals surface area (Å²) in [4.78, 5) is 15.7. The number of amides is 1. The zero-order chi connectivity index (χ0) is 16.4. The van der Waals surface area contributed by atoms with E-state index in [1.807, 2.05) is 0 Å². The van der Waals surface area contributed by atoms with E-state index in [9.17, 15) is 4.79 Å². The van der Waals surface area contributed by atoms with Gasteiger partial charge in [-0.3, -0.25) is 10.2 Å². The summed E-state index contributed by atoms with van der Waals surface area (Å²) < 4.78 is 0. The molecule has 1 aromatic heterocycles. The van der Waals surface area contributed by atoms with Crippen molar-refractivity contribution in [3.63, 3.8) is 0 Å². The third-order valence-corrected chi connectivity index (χ3v) is 4.77. The summed E-state index contributed by atoms with van der Waals surface area (Å²) in [7, 11) is 0. The highest BCUT2D eigenvalue weighted by Gasteiger charge is 2.28. The monoisotopic (exact) mass is 314 g/mol. The smallest absolute Gasteiger partial charge is 0.238 e. The number of aromatic nitrogens is 1. The Balaban J connectivity index is 1.60. The van der Waals surface area contributed by atoms with E-state index in [4.69, 9.17) is 0 Å². The van der Waals surface area contributed by atoms with Gasteiger partial charge in [-0.15, -0.1) is 0 Å². The second-order valence-corrected chi connectivity index (χ2v) is 6.54. The number of carbonyl (C=O) groups is 1. The lowest BCUT2D eigenvalue weighted by molar-refractivity contribution is -0.123. The summed E-state index contributed by atoms with van der Waals surface area (Å²) in [5, 5.41) is 4.28. The number of carbonyl (C=O) groups excluding carboxylic acids is 1. The van der Waals surface area contributed by atoms with Crippen LogP contribution >= 0.6 is 0 Å². The molecule has 0 saturated carbocycles. The maximum absolute atomic E-state index is 12.3. The molecule has 1 fully saturated rings. The topological polar surface area (TPSA) is 69.0 Å². The highest BCUT2D eigenvalue weighted by atomic mass is 16.2. The second-order valence-electron chi connectivity index (χ2n) is 6.54. The minimum absolute atomic E-state index is 0.0678. The number of H-pyrrole nitrogens is 1. The van der Waals surface area contributed by atoms with Crippen LogP contribution in [0.5, 0.6) is 0 Å². The molecule has 4 N–H and O–H groups in total. The molecule has 0 spiro atoms. The number of hydrogen-bond acceptors (Lipinski definition) is 3. The van der Waals surface area contributed by atoms with Crippen LogP contribution in [0.2, 0.25) is 0 Å². The summed E-state index contributed by atoms with van der Waals surface area (Å²) in [6.07, 6.45) is 3.08. The second kappa shape index (κ2) is 6.72. The lowest BCUT2D eigenvalue weighted by Crippen LogP contribution is -2.43. The van der Waals surface area contributed by atoms with Gasteiger partial charge in [-0.05, 0) is 49.9 Å². The number of aryl methyl sites for hydroxylation is 2. The molecule has 2 aromatic rings. The highest BCUT2D eigenvalue weighted by molar-refractivity contribution is 5.85. The molecule has 1 aromatic carbocycles. The molecule has 2 unspecified atom stereocenters. The van der Waals surface area contributed by atoms with Gasteiger partial charge in [0.15, 0.2) is 0 Å². The number of hydrazine groups is 1. The van der Waals surface area contributed by atoms with Gasteiger partial charge in [-0.1, -0.05) is 19.4 Å². The molecule has 124 valence electrons. The fourth-order valence-corrected chi connectivity index (χ4v) is 3.26. The van der Waals surface area contributed by atoms with Crippen molar-refractivity contribution in [3.8, 4) is 0 Å². The van der Waals surface area contributed by atoms with E-state index in [1.54, 1.807) is 0 Å². The summed E-state index contributed by atoms with van der Waals surface area (Å²) in [6.45, 7) is 6.94. The summed E-state index contributed by atoms with van der Waals surface area (Å²) >= 11 is 0. The van der Waals surface area contributed by atoms with Crippen LogP contribution < -0.4 is 16.2 Å². The zero-order valence-corrected chi connectivity index (χ0v) is 14.1. The van der Waals surface area contributed by atoms with E-state index in [-0.39, 0.29) is 11.9 Å². The SMILES string of the molecule is CCCC1CC(C(=O)NCc2ccc3[nH]c(C)c(C)c3c2)NN1. The van der Waals surface area contributed by atoms with Crippen molar-refractivity contribution in [3.05, 3.63) is 35.0 Å². The van der Waals surface area contributed by atoms with Gasteiger partial charge in [-0.25, -0.2) is 5.43 Å². The minimum atomic E-state index is -0.133. The lowest BCUT2D eigenvalue weighted by atomic mass is 10.1. The van der Waals surface area contributed by atoms with Gasteiger partial charge in [0.05, 0.1) is 0 Å². The molecule has 2 atom stereocenters. The molecule has 0 aliphatic carbocycles. The normalized spacial score (nSPS) is 21.0. The van der Waals surface area contributed by atoms with Crippen LogP contribution in [0.4, 0.5) is 0 Å². The van der Waals surface area contributed by atoms with Crippen LogP contribution in [0.1, 0.15) is 43.0 Å². The molecule has 1 aliphatic heterocycles. The summed E-state index contributed by atoms with van der Waals surface area (Å²) in [6, 6.07) is 6.58. The van der Waals surface area contributed by atoms with Gasteiger partial charge in [0.1, 0.15) is 6.04 Å². The predicted molar refractivity (Wildman–Crippen MR) is 93.0 cm³/mol. The van der Waals surface area contributed by atoms with Gasteiger partial charge in [0.25, 0.3) is 0 Å². The molecule has 0 radical (unpaired) electrons. The number of aromatic amines is 1. The zero-order valence-electron chi connectivity index (χ0n) is 14.1. The van der Waals surface area contributed by atoms with Crippen molar-refractivity contribution in [2.24, 2.45) is 0 Å². The molecule has 3 rings (SSSR count). The van der Waals surface area contributed by atoms with Crippen molar-refractivity contribution in [1.29, 1.82) is 0 Å². The third-order valence-electron chi connectivity index (χ3n) is 4.77. The van der Waals surface area contributed by atoms with E-state index in [0.717, 1.165) is 30.3 Å². The Hall–Kier alpha value is -1.85. The van der Waals surface area contributed by atoms with Gasteiger partial charge >= 0.3 is 0 Å². The van der Waals surface area contributed by atoms with E-state index in [2.05, 4.69) is 60.1 Å². The predicted octanol–water partition coefficient (Wildman–Crippen LogP) is 2.44. The molecular weight excluding hydrogens is 288 g/mol. The van der Waals surface area contributed by atoms with Gasteiger partial charge in [-0.2, -0.15) is 0 Å². The van der Waals surface area contributed by atoms with Crippen LogP contribution in [-0.2, 0) is 11.3 Å². The number of nitrogens with one attached hydrogen (secondary N) is 4. The number of hydrogen-bond donors (Lipinski definition) is 4. The first-order valence-electron chi connectivity index (χ1n) is 8.45. The minimum Gasteiger partial charge on any atom is -0.358 e. The Morgan fingerprint density at radius 1 is 1.30 bits per heavy atom. The number of fused-ring (bicyclic) bond motifs is 1. The van der Waals surface area contributed by atoms with Crippen LogP contribution in [-0.4, -0.2) is 23.0 Å². The average molecular weight is 314 g/mol. The quantitative estimate of drug-likeness (QED) is 0.685. The molecule has 1 saturated heterocycles. The van der Waals surface area contributed by atoms with Crippen molar-refractivity contribution < 1.29 is 4.79 Å². The first-order chi connectivity index (χ1) is 11.1. The van der Waals surface area contributed by atoms with E-state index in [1.165, 1.54) is 16.6 Å². The van der Waals surface area contributed by atoms with Crippen molar-refractivity contribution >= 4 is 16.8 Å². The van der Waals surface area contributed by atoms with Crippen molar-refractivity contribution in [1.82, 2.24) is 21.2 Å². The fourth-order valence-electron chi connectivity index (χ4n) is 3.26. The van der Waals surface area contributed by atoms with E-state index >= 15 is 0 Å². The molecule has 2 heterocycles. The fraction of sp³-hybridized carbons (Fsp3) is 0.500. The van der Waals surface area contributed by atoms with E-state index < -0.39 is 0 Å². The van der Waals surface area contributed by atoms with Gasteiger partial charge in [0, 0.05) is 29.2 Å². The Kier molecular flexibility index (Phi) is 4.68. The largest absolute Gasteiger partial charge is 0.358 e. The number of benzene rings is 1. The molecule has 1 amide bonds. The molecule has 5 heteroatoms. The Bertz CT molecular complexity index is 706. The average Bonchev–Trinajstić information content (AvgIpc) is 3.11. The first-order valence-corrected chi connectivity index (χ1v) is 8.45. The first kappa shape index (κ1) is 16.0. The molecule has 5 nitrogen and oxygen atoms in total. The van der Waals surface area contributed by atoms with Crippen LogP contribution in [0.15, 0.2) is 18.2 Å². The molecule has 1 aliphatic rings. The lowest BCUT2D eigenvalue weighted by Gasteiger charge is -2.11. The summed E-state index contributed by atoms with van der Waals surface area (Å²) in [5.41, 5.74) is 11.1. The maximum atomic E-state index is 12.3.